The molecule has 3 rings (SSSR count). The Labute approximate surface area is 143 Å². The van der Waals surface area contributed by atoms with Gasteiger partial charge in [-0.1, -0.05) is 11.6 Å². The lowest BCUT2D eigenvalue weighted by atomic mass is 10.1. The van der Waals surface area contributed by atoms with Crippen LogP contribution in [0, 0.1) is 10.1 Å². The van der Waals surface area contributed by atoms with Crippen LogP contribution in [-0.4, -0.2) is 39.2 Å². The number of hydrogen-bond donors (Lipinski definition) is 2. The van der Waals surface area contributed by atoms with E-state index in [-0.39, 0.29) is 23.6 Å². The number of nitrogens with one attached hydrogen (secondary N) is 1. The van der Waals surface area contributed by atoms with Crippen LogP contribution in [0.4, 0.5) is 23.1 Å². The SMILES string of the molecule is O=[N+]([O-])c1cnc(Nc2ccc(Cl)cc2)nc1N1CCC(O)CC1. The van der Waals surface area contributed by atoms with Gasteiger partial charge in [0.1, 0.15) is 6.20 Å². The van der Waals surface area contributed by atoms with Crippen molar-refractivity contribution >= 4 is 34.7 Å². The van der Waals surface area contributed by atoms with Crippen LogP contribution in [0.15, 0.2) is 30.5 Å². The highest BCUT2D eigenvalue weighted by atomic mass is 35.5. The largest absolute Gasteiger partial charge is 0.393 e. The van der Waals surface area contributed by atoms with Crippen molar-refractivity contribution in [2.24, 2.45) is 0 Å². The van der Waals surface area contributed by atoms with Gasteiger partial charge in [-0.2, -0.15) is 4.98 Å². The van der Waals surface area contributed by atoms with Crippen molar-refractivity contribution in [3.05, 3.63) is 45.6 Å². The molecule has 1 aromatic carbocycles. The molecule has 0 amide bonds. The highest BCUT2D eigenvalue weighted by molar-refractivity contribution is 6.30. The molecular formula is C15H16ClN5O3. The number of aliphatic hydroxyl groups is 1. The number of piperidine rings is 1. The normalized spacial score (nSPS) is 15.3. The number of aromatic nitrogens is 2. The first-order valence-electron chi connectivity index (χ1n) is 7.50. The minimum atomic E-state index is -0.494. The molecule has 0 bridgehead atoms. The zero-order chi connectivity index (χ0) is 17.1. The third-order valence-electron chi connectivity index (χ3n) is 3.81. The number of benzene rings is 1. The summed E-state index contributed by atoms with van der Waals surface area (Å²) in [5, 5.41) is 24.5. The van der Waals surface area contributed by atoms with Crippen LogP contribution in [0.3, 0.4) is 0 Å². The van der Waals surface area contributed by atoms with E-state index < -0.39 is 4.92 Å². The highest BCUT2D eigenvalue weighted by Gasteiger charge is 2.26. The summed E-state index contributed by atoms with van der Waals surface area (Å²) >= 11 is 5.85. The molecule has 2 N–H and O–H groups in total. The van der Waals surface area contributed by atoms with Gasteiger partial charge in [0.15, 0.2) is 0 Å². The summed E-state index contributed by atoms with van der Waals surface area (Å²) in [5.41, 5.74) is 0.585. The quantitative estimate of drug-likeness (QED) is 0.645. The van der Waals surface area contributed by atoms with Gasteiger partial charge in [0.2, 0.25) is 11.8 Å². The Kier molecular flexibility index (Phi) is 4.77. The lowest BCUT2D eigenvalue weighted by molar-refractivity contribution is -0.384. The fourth-order valence-electron chi connectivity index (χ4n) is 2.53. The van der Waals surface area contributed by atoms with E-state index in [0.717, 1.165) is 5.69 Å². The van der Waals surface area contributed by atoms with Crippen molar-refractivity contribution in [3.8, 4) is 0 Å². The van der Waals surface area contributed by atoms with Gasteiger partial charge >= 0.3 is 5.69 Å². The van der Waals surface area contributed by atoms with Crippen LogP contribution < -0.4 is 10.2 Å². The highest BCUT2D eigenvalue weighted by Crippen LogP contribution is 2.29. The molecule has 1 aliphatic heterocycles. The maximum atomic E-state index is 11.3. The van der Waals surface area contributed by atoms with Crippen LogP contribution in [0.2, 0.25) is 5.02 Å². The molecule has 24 heavy (non-hydrogen) atoms. The second-order valence-corrected chi connectivity index (χ2v) is 5.95. The topological polar surface area (TPSA) is 104 Å². The maximum absolute atomic E-state index is 11.3. The summed E-state index contributed by atoms with van der Waals surface area (Å²) in [4.78, 5) is 20.9. The average Bonchev–Trinajstić information content (AvgIpc) is 2.57. The Hall–Kier alpha value is -2.45. The summed E-state index contributed by atoms with van der Waals surface area (Å²) in [6.45, 7) is 1.03. The second-order valence-electron chi connectivity index (χ2n) is 5.51. The fraction of sp³-hybridized carbons (Fsp3) is 0.333. The van der Waals surface area contributed by atoms with Crippen LogP contribution >= 0.6 is 11.6 Å². The molecule has 0 spiro atoms. The molecule has 0 aliphatic carbocycles. The number of hydrogen-bond acceptors (Lipinski definition) is 7. The van der Waals surface area contributed by atoms with Gasteiger partial charge in [0, 0.05) is 23.8 Å². The van der Waals surface area contributed by atoms with E-state index in [1.807, 2.05) is 0 Å². The zero-order valence-electron chi connectivity index (χ0n) is 12.7. The Balaban J connectivity index is 1.87. The Morgan fingerprint density at radius 2 is 1.96 bits per heavy atom. The smallest absolute Gasteiger partial charge is 0.329 e. The minimum absolute atomic E-state index is 0.145. The number of aliphatic hydroxyl groups excluding tert-OH is 1. The summed E-state index contributed by atoms with van der Waals surface area (Å²) in [7, 11) is 0. The summed E-state index contributed by atoms with van der Waals surface area (Å²) in [5.74, 6) is 0.530. The summed E-state index contributed by atoms with van der Waals surface area (Å²) in [6, 6.07) is 6.98. The van der Waals surface area contributed by atoms with Crippen LogP contribution in [0.5, 0.6) is 0 Å². The molecule has 2 aromatic rings. The van der Waals surface area contributed by atoms with Crippen molar-refractivity contribution in [2.75, 3.05) is 23.3 Å². The van der Waals surface area contributed by atoms with E-state index in [0.29, 0.717) is 31.0 Å². The Morgan fingerprint density at radius 1 is 1.29 bits per heavy atom. The first-order valence-corrected chi connectivity index (χ1v) is 7.88. The molecule has 0 saturated carbocycles. The van der Waals surface area contributed by atoms with Gasteiger partial charge in [-0.15, -0.1) is 0 Å². The summed E-state index contributed by atoms with van der Waals surface area (Å²) in [6.07, 6.45) is 1.95. The predicted octanol–water partition coefficient (Wildman–Crippen LogP) is 2.74. The number of halogens is 1. The summed E-state index contributed by atoms with van der Waals surface area (Å²) < 4.78 is 0. The number of nitrogens with zero attached hydrogens (tertiary/aromatic N) is 4. The van der Waals surface area contributed by atoms with Crippen molar-refractivity contribution < 1.29 is 10.0 Å². The van der Waals surface area contributed by atoms with E-state index in [9.17, 15) is 15.2 Å². The maximum Gasteiger partial charge on any atom is 0.329 e. The molecule has 1 saturated heterocycles. The molecule has 1 aliphatic rings. The second kappa shape index (κ2) is 6.98. The Bertz CT molecular complexity index is 732. The van der Waals surface area contributed by atoms with Crippen LogP contribution in [0.25, 0.3) is 0 Å². The van der Waals surface area contributed by atoms with Gasteiger partial charge in [0.05, 0.1) is 11.0 Å². The van der Waals surface area contributed by atoms with Crippen molar-refractivity contribution in [1.82, 2.24) is 9.97 Å². The van der Waals surface area contributed by atoms with E-state index in [1.54, 1.807) is 29.2 Å². The molecule has 9 heteroatoms. The molecule has 1 fully saturated rings. The third kappa shape index (κ3) is 3.72. The molecular weight excluding hydrogens is 334 g/mol. The van der Waals surface area contributed by atoms with Gasteiger partial charge in [-0.05, 0) is 37.1 Å². The first-order chi connectivity index (χ1) is 11.5. The van der Waals surface area contributed by atoms with Crippen molar-refractivity contribution in [2.45, 2.75) is 18.9 Å². The van der Waals surface area contributed by atoms with Gasteiger partial charge in [0.25, 0.3) is 0 Å². The lowest BCUT2D eigenvalue weighted by Crippen LogP contribution is -2.36. The molecule has 0 radical (unpaired) electrons. The van der Waals surface area contributed by atoms with Crippen LogP contribution in [-0.2, 0) is 0 Å². The molecule has 126 valence electrons. The first kappa shape index (κ1) is 16.4. The van der Waals surface area contributed by atoms with E-state index >= 15 is 0 Å². The zero-order valence-corrected chi connectivity index (χ0v) is 13.5. The van der Waals surface area contributed by atoms with Crippen LogP contribution in [0.1, 0.15) is 12.8 Å². The Morgan fingerprint density at radius 3 is 2.58 bits per heavy atom. The van der Waals surface area contributed by atoms with E-state index in [2.05, 4.69) is 15.3 Å². The van der Waals surface area contributed by atoms with Crippen molar-refractivity contribution in [1.29, 1.82) is 0 Å². The number of anilines is 3. The average molecular weight is 350 g/mol. The molecule has 8 nitrogen and oxygen atoms in total. The van der Waals surface area contributed by atoms with Gasteiger partial charge in [-0.3, -0.25) is 10.1 Å². The third-order valence-corrected chi connectivity index (χ3v) is 4.06. The van der Waals surface area contributed by atoms with Crippen molar-refractivity contribution in [3.63, 3.8) is 0 Å². The minimum Gasteiger partial charge on any atom is -0.393 e. The number of rotatable bonds is 4. The molecule has 2 heterocycles. The van der Waals surface area contributed by atoms with Gasteiger partial charge < -0.3 is 15.3 Å². The number of nitro groups is 1. The lowest BCUT2D eigenvalue weighted by Gasteiger charge is -2.30. The molecule has 0 unspecified atom stereocenters. The van der Waals surface area contributed by atoms with Gasteiger partial charge in [-0.25, -0.2) is 4.98 Å². The standard InChI is InChI=1S/C15H16ClN5O3/c16-10-1-3-11(4-2-10)18-15-17-9-13(21(23)24)14(19-15)20-7-5-12(22)6-8-20/h1-4,9,12,22H,5-8H2,(H,17,18,19). The van der Waals surface area contributed by atoms with E-state index in [1.165, 1.54) is 6.20 Å². The molecule has 0 atom stereocenters. The predicted molar refractivity (Wildman–Crippen MR) is 90.9 cm³/mol. The monoisotopic (exact) mass is 349 g/mol. The van der Waals surface area contributed by atoms with E-state index in [4.69, 9.17) is 11.6 Å². The molecule has 1 aromatic heterocycles. The fourth-order valence-corrected chi connectivity index (χ4v) is 2.65.